The predicted octanol–water partition coefficient (Wildman–Crippen LogP) is 5.42. The van der Waals surface area contributed by atoms with Gasteiger partial charge in [0.1, 0.15) is 0 Å². The summed E-state index contributed by atoms with van der Waals surface area (Å²) < 4.78 is 0. The molecule has 2 aromatic carbocycles. The van der Waals surface area contributed by atoms with Crippen LogP contribution in [0.2, 0.25) is 5.02 Å². The number of hydrogen-bond donors (Lipinski definition) is 0. The first-order valence-corrected chi connectivity index (χ1v) is 6.78. The van der Waals surface area contributed by atoms with Gasteiger partial charge in [0.15, 0.2) is 0 Å². The molecule has 17 heavy (non-hydrogen) atoms. The Morgan fingerprint density at radius 2 is 1.59 bits per heavy atom. The number of benzene rings is 2. The molecule has 0 atom stereocenters. The maximum atomic E-state index is 6.31. The lowest BCUT2D eigenvalue weighted by Gasteiger charge is -2.13. The van der Waals surface area contributed by atoms with E-state index in [4.69, 9.17) is 11.6 Å². The van der Waals surface area contributed by atoms with Crippen LogP contribution in [0.5, 0.6) is 0 Å². The standard InChI is InChI=1S/C15H15ClS/c1-10-9-11(2)15(12(3)14(10)16)17-13-7-5-4-6-8-13/h4-9H,1-3H3. The van der Waals surface area contributed by atoms with Crippen LogP contribution in [-0.4, -0.2) is 0 Å². The zero-order chi connectivity index (χ0) is 12.4. The predicted molar refractivity (Wildman–Crippen MR) is 76.2 cm³/mol. The molecule has 2 heteroatoms. The van der Waals surface area contributed by atoms with Gasteiger partial charge in [-0.25, -0.2) is 0 Å². The van der Waals surface area contributed by atoms with Crippen LogP contribution in [-0.2, 0) is 0 Å². The van der Waals surface area contributed by atoms with Gasteiger partial charge in [-0.2, -0.15) is 0 Å². The van der Waals surface area contributed by atoms with Gasteiger partial charge >= 0.3 is 0 Å². The Balaban J connectivity index is 2.43. The van der Waals surface area contributed by atoms with E-state index < -0.39 is 0 Å². The topological polar surface area (TPSA) is 0 Å². The molecule has 2 aromatic rings. The summed E-state index contributed by atoms with van der Waals surface area (Å²) in [5.74, 6) is 0. The molecule has 0 aliphatic heterocycles. The number of aryl methyl sites for hydroxylation is 2. The molecule has 0 aliphatic carbocycles. The third-order valence-electron chi connectivity index (χ3n) is 2.77. The van der Waals surface area contributed by atoms with Crippen molar-refractivity contribution < 1.29 is 0 Å². The third kappa shape index (κ3) is 2.67. The molecule has 0 nitrogen and oxygen atoms in total. The van der Waals surface area contributed by atoms with E-state index in [9.17, 15) is 0 Å². The molecular weight excluding hydrogens is 248 g/mol. The van der Waals surface area contributed by atoms with Gasteiger partial charge in [0.25, 0.3) is 0 Å². The van der Waals surface area contributed by atoms with E-state index in [-0.39, 0.29) is 0 Å². The van der Waals surface area contributed by atoms with Gasteiger partial charge in [-0.05, 0) is 49.6 Å². The normalized spacial score (nSPS) is 10.6. The minimum atomic E-state index is 0.883. The lowest BCUT2D eigenvalue weighted by atomic mass is 10.1. The van der Waals surface area contributed by atoms with E-state index in [0.717, 1.165) is 10.6 Å². The van der Waals surface area contributed by atoms with Crippen molar-refractivity contribution in [2.75, 3.05) is 0 Å². The molecule has 0 radical (unpaired) electrons. The molecule has 0 amide bonds. The van der Waals surface area contributed by atoms with E-state index in [1.165, 1.54) is 20.9 Å². The first-order chi connectivity index (χ1) is 8.09. The van der Waals surface area contributed by atoms with Gasteiger partial charge in [0.05, 0.1) is 0 Å². The number of hydrogen-bond acceptors (Lipinski definition) is 1. The highest BCUT2D eigenvalue weighted by atomic mass is 35.5. The fraction of sp³-hybridized carbons (Fsp3) is 0.200. The lowest BCUT2D eigenvalue weighted by molar-refractivity contribution is 1.19. The van der Waals surface area contributed by atoms with Crippen molar-refractivity contribution >= 4 is 23.4 Å². The van der Waals surface area contributed by atoms with Gasteiger partial charge in [0, 0.05) is 14.8 Å². The second-order valence-corrected chi connectivity index (χ2v) is 5.66. The smallest absolute Gasteiger partial charge is 0.0475 e. The minimum Gasteiger partial charge on any atom is -0.0895 e. The van der Waals surface area contributed by atoms with Crippen molar-refractivity contribution in [1.29, 1.82) is 0 Å². The second-order valence-electron chi connectivity index (χ2n) is 4.19. The van der Waals surface area contributed by atoms with Gasteiger partial charge in [-0.1, -0.05) is 47.6 Å². The van der Waals surface area contributed by atoms with Crippen LogP contribution >= 0.6 is 23.4 Å². The molecule has 0 bridgehead atoms. The summed E-state index contributed by atoms with van der Waals surface area (Å²) >= 11 is 8.09. The molecule has 0 aromatic heterocycles. The van der Waals surface area contributed by atoms with Crippen molar-refractivity contribution in [3.05, 3.63) is 58.1 Å². The highest BCUT2D eigenvalue weighted by Gasteiger charge is 2.10. The number of halogens is 1. The SMILES string of the molecule is Cc1cc(C)c(Sc2ccccc2)c(C)c1Cl. The summed E-state index contributed by atoms with van der Waals surface area (Å²) in [5.41, 5.74) is 3.62. The fourth-order valence-corrected chi connectivity index (χ4v) is 3.12. The van der Waals surface area contributed by atoms with E-state index in [1.807, 2.05) is 6.07 Å². The largest absolute Gasteiger partial charge is 0.0895 e. The van der Waals surface area contributed by atoms with Crippen LogP contribution < -0.4 is 0 Å². The zero-order valence-electron chi connectivity index (χ0n) is 10.3. The maximum Gasteiger partial charge on any atom is 0.0475 e. The Kier molecular flexibility index (Phi) is 3.80. The van der Waals surface area contributed by atoms with Crippen LogP contribution in [0.15, 0.2) is 46.2 Å². The van der Waals surface area contributed by atoms with Gasteiger partial charge in [0.2, 0.25) is 0 Å². The van der Waals surface area contributed by atoms with Crippen molar-refractivity contribution in [2.45, 2.75) is 30.6 Å². The van der Waals surface area contributed by atoms with E-state index >= 15 is 0 Å². The Bertz CT molecular complexity index is 532. The first-order valence-electron chi connectivity index (χ1n) is 5.59. The molecule has 0 unspecified atom stereocenters. The van der Waals surface area contributed by atoms with Crippen LogP contribution in [0.25, 0.3) is 0 Å². The van der Waals surface area contributed by atoms with Crippen molar-refractivity contribution in [3.8, 4) is 0 Å². The molecule has 0 N–H and O–H groups in total. The molecule has 0 spiro atoms. The second kappa shape index (κ2) is 5.16. The molecule has 0 saturated heterocycles. The summed E-state index contributed by atoms with van der Waals surface area (Å²) in [7, 11) is 0. The highest BCUT2D eigenvalue weighted by Crippen LogP contribution is 2.37. The monoisotopic (exact) mass is 262 g/mol. The molecular formula is C15H15ClS. The van der Waals surface area contributed by atoms with E-state index in [0.29, 0.717) is 0 Å². The Labute approximate surface area is 112 Å². The summed E-state index contributed by atoms with van der Waals surface area (Å²) in [5, 5.41) is 0.883. The minimum absolute atomic E-state index is 0.883. The van der Waals surface area contributed by atoms with Crippen LogP contribution in [0.4, 0.5) is 0 Å². The van der Waals surface area contributed by atoms with Crippen molar-refractivity contribution in [3.63, 3.8) is 0 Å². The van der Waals surface area contributed by atoms with Gasteiger partial charge in [-0.3, -0.25) is 0 Å². The molecule has 0 saturated carbocycles. The summed E-state index contributed by atoms with van der Waals surface area (Å²) in [6.07, 6.45) is 0. The van der Waals surface area contributed by atoms with Crippen LogP contribution in [0.3, 0.4) is 0 Å². The third-order valence-corrected chi connectivity index (χ3v) is 4.69. The molecule has 88 valence electrons. The van der Waals surface area contributed by atoms with E-state index in [2.05, 4.69) is 51.1 Å². The van der Waals surface area contributed by atoms with Crippen molar-refractivity contribution in [2.24, 2.45) is 0 Å². The highest BCUT2D eigenvalue weighted by molar-refractivity contribution is 7.99. The quantitative estimate of drug-likeness (QED) is 0.697. The molecule has 0 heterocycles. The molecule has 0 aliphatic rings. The molecule has 2 rings (SSSR count). The fourth-order valence-electron chi connectivity index (χ4n) is 1.91. The average Bonchev–Trinajstić information content (AvgIpc) is 2.33. The Hall–Kier alpha value is -0.920. The van der Waals surface area contributed by atoms with Crippen LogP contribution in [0, 0.1) is 20.8 Å². The van der Waals surface area contributed by atoms with Gasteiger partial charge in [-0.15, -0.1) is 0 Å². The summed E-state index contributed by atoms with van der Waals surface area (Å²) in [6.45, 7) is 6.29. The Morgan fingerprint density at radius 3 is 2.24 bits per heavy atom. The summed E-state index contributed by atoms with van der Waals surface area (Å²) in [4.78, 5) is 2.52. The average molecular weight is 263 g/mol. The molecule has 0 fully saturated rings. The van der Waals surface area contributed by atoms with Gasteiger partial charge < -0.3 is 0 Å². The first kappa shape index (κ1) is 12.5. The van der Waals surface area contributed by atoms with E-state index in [1.54, 1.807) is 11.8 Å². The lowest BCUT2D eigenvalue weighted by Crippen LogP contribution is -1.90. The number of rotatable bonds is 2. The Morgan fingerprint density at radius 1 is 0.941 bits per heavy atom. The van der Waals surface area contributed by atoms with Crippen LogP contribution in [0.1, 0.15) is 16.7 Å². The van der Waals surface area contributed by atoms with Crippen molar-refractivity contribution in [1.82, 2.24) is 0 Å². The zero-order valence-corrected chi connectivity index (χ0v) is 11.8. The summed E-state index contributed by atoms with van der Waals surface area (Å²) in [6, 6.07) is 12.5. The maximum absolute atomic E-state index is 6.31.